The van der Waals surface area contributed by atoms with E-state index in [1.807, 2.05) is 18.0 Å². The SMILES string of the molecule is CN(c1cc(C(N)=S)ccn1)C1CCCCC1O. The molecule has 5 heteroatoms. The number of likely N-dealkylation sites (N-methyl/N-ethyl adjacent to an activating group) is 1. The lowest BCUT2D eigenvalue weighted by molar-refractivity contribution is 0.106. The van der Waals surface area contributed by atoms with Crippen molar-refractivity contribution in [3.8, 4) is 0 Å². The Bertz CT molecular complexity index is 438. The van der Waals surface area contributed by atoms with Gasteiger partial charge in [0.1, 0.15) is 10.8 Å². The number of nitrogens with two attached hydrogens (primary N) is 1. The summed E-state index contributed by atoms with van der Waals surface area (Å²) >= 11 is 4.97. The van der Waals surface area contributed by atoms with Crippen molar-refractivity contribution in [2.24, 2.45) is 5.73 Å². The van der Waals surface area contributed by atoms with Crippen LogP contribution in [-0.2, 0) is 0 Å². The van der Waals surface area contributed by atoms with E-state index in [4.69, 9.17) is 18.0 Å². The molecule has 1 aromatic rings. The van der Waals surface area contributed by atoms with Gasteiger partial charge < -0.3 is 15.7 Å². The van der Waals surface area contributed by atoms with Crippen LogP contribution in [0.2, 0.25) is 0 Å². The van der Waals surface area contributed by atoms with Crippen LogP contribution in [0.3, 0.4) is 0 Å². The lowest BCUT2D eigenvalue weighted by Crippen LogP contribution is -2.43. The van der Waals surface area contributed by atoms with Crippen molar-refractivity contribution in [1.82, 2.24) is 4.98 Å². The van der Waals surface area contributed by atoms with E-state index >= 15 is 0 Å². The Morgan fingerprint density at radius 3 is 2.89 bits per heavy atom. The molecule has 1 aliphatic carbocycles. The fraction of sp³-hybridized carbons (Fsp3) is 0.538. The van der Waals surface area contributed by atoms with Crippen LogP contribution in [0.1, 0.15) is 31.2 Å². The second kappa shape index (κ2) is 5.63. The van der Waals surface area contributed by atoms with E-state index in [0.29, 0.717) is 4.99 Å². The van der Waals surface area contributed by atoms with Crippen LogP contribution >= 0.6 is 12.2 Å². The van der Waals surface area contributed by atoms with E-state index in [9.17, 15) is 5.11 Å². The van der Waals surface area contributed by atoms with Crippen LogP contribution in [0, 0.1) is 0 Å². The first-order valence-corrected chi connectivity index (χ1v) is 6.67. The summed E-state index contributed by atoms with van der Waals surface area (Å²) in [5.74, 6) is 0.811. The Kier molecular flexibility index (Phi) is 4.14. The maximum absolute atomic E-state index is 10.1. The number of hydrogen-bond donors (Lipinski definition) is 2. The summed E-state index contributed by atoms with van der Waals surface area (Å²) < 4.78 is 0. The third kappa shape index (κ3) is 2.79. The Hall–Kier alpha value is -1.20. The first kappa shape index (κ1) is 13.2. The zero-order valence-electron chi connectivity index (χ0n) is 10.5. The first-order valence-electron chi connectivity index (χ1n) is 6.26. The highest BCUT2D eigenvalue weighted by molar-refractivity contribution is 7.80. The Balaban J connectivity index is 2.19. The zero-order valence-corrected chi connectivity index (χ0v) is 11.4. The molecule has 1 fully saturated rings. The Labute approximate surface area is 113 Å². The molecule has 0 aromatic carbocycles. The number of pyridine rings is 1. The summed E-state index contributed by atoms with van der Waals surface area (Å²) in [6, 6.07) is 3.81. The molecule has 4 nitrogen and oxygen atoms in total. The van der Waals surface area contributed by atoms with E-state index in [1.165, 1.54) is 0 Å². The fourth-order valence-electron chi connectivity index (χ4n) is 2.48. The van der Waals surface area contributed by atoms with Crippen LogP contribution in [0.4, 0.5) is 5.82 Å². The highest BCUT2D eigenvalue weighted by Gasteiger charge is 2.27. The fourth-order valence-corrected chi connectivity index (χ4v) is 2.60. The molecule has 1 heterocycles. The lowest BCUT2D eigenvalue weighted by Gasteiger charge is -2.36. The quantitative estimate of drug-likeness (QED) is 0.810. The number of aromatic nitrogens is 1. The maximum atomic E-state index is 10.1. The van der Waals surface area contributed by atoms with Gasteiger partial charge in [-0.2, -0.15) is 0 Å². The second-order valence-electron chi connectivity index (χ2n) is 4.80. The van der Waals surface area contributed by atoms with Gasteiger partial charge in [0.2, 0.25) is 0 Å². The number of anilines is 1. The van der Waals surface area contributed by atoms with Gasteiger partial charge in [0.15, 0.2) is 0 Å². The molecular formula is C13H19N3OS. The van der Waals surface area contributed by atoms with Gasteiger partial charge in [-0.3, -0.25) is 0 Å². The summed E-state index contributed by atoms with van der Waals surface area (Å²) in [7, 11) is 1.96. The number of aliphatic hydroxyl groups is 1. The predicted octanol–water partition coefficient (Wildman–Crippen LogP) is 1.46. The van der Waals surface area contributed by atoms with Crippen LogP contribution in [-0.4, -0.2) is 34.3 Å². The standard InChI is InChI=1S/C13H19N3OS/c1-16(10-4-2-3-5-11(10)17)12-8-9(13(14)18)6-7-15-12/h6-8,10-11,17H,2-5H2,1H3,(H2,14,18). The summed E-state index contributed by atoms with van der Waals surface area (Å²) in [5.41, 5.74) is 6.44. The minimum Gasteiger partial charge on any atom is -0.391 e. The van der Waals surface area contributed by atoms with Crippen LogP contribution in [0.5, 0.6) is 0 Å². The molecule has 1 aliphatic rings. The minimum atomic E-state index is -0.279. The average molecular weight is 265 g/mol. The number of rotatable bonds is 3. The van der Waals surface area contributed by atoms with Crippen molar-refractivity contribution in [3.05, 3.63) is 23.9 Å². The molecule has 0 amide bonds. The monoisotopic (exact) mass is 265 g/mol. The smallest absolute Gasteiger partial charge is 0.129 e. The van der Waals surface area contributed by atoms with Crippen LogP contribution in [0.25, 0.3) is 0 Å². The van der Waals surface area contributed by atoms with Gasteiger partial charge in [0.05, 0.1) is 12.1 Å². The van der Waals surface area contributed by atoms with Crippen LogP contribution < -0.4 is 10.6 Å². The highest BCUT2D eigenvalue weighted by atomic mass is 32.1. The van der Waals surface area contributed by atoms with Gasteiger partial charge >= 0.3 is 0 Å². The van der Waals surface area contributed by atoms with Crippen molar-refractivity contribution in [2.45, 2.75) is 37.8 Å². The molecule has 3 N–H and O–H groups in total. The average Bonchev–Trinajstić information content (AvgIpc) is 2.38. The molecule has 98 valence electrons. The topological polar surface area (TPSA) is 62.4 Å². The Morgan fingerprint density at radius 2 is 2.22 bits per heavy atom. The first-order chi connectivity index (χ1) is 8.59. The minimum absolute atomic E-state index is 0.132. The van der Waals surface area contributed by atoms with Crippen molar-refractivity contribution in [2.75, 3.05) is 11.9 Å². The van der Waals surface area contributed by atoms with E-state index < -0.39 is 0 Å². The number of hydrogen-bond acceptors (Lipinski definition) is 4. The molecule has 2 unspecified atom stereocenters. The van der Waals surface area contributed by atoms with Crippen molar-refractivity contribution < 1.29 is 5.11 Å². The molecule has 2 atom stereocenters. The van der Waals surface area contributed by atoms with Gasteiger partial charge in [-0.05, 0) is 25.0 Å². The molecule has 0 aliphatic heterocycles. The summed E-state index contributed by atoms with van der Waals surface area (Å²) in [6.45, 7) is 0. The van der Waals surface area contributed by atoms with E-state index in [1.54, 1.807) is 12.3 Å². The number of aliphatic hydroxyl groups excluding tert-OH is 1. The van der Waals surface area contributed by atoms with Gasteiger partial charge in [0.25, 0.3) is 0 Å². The summed E-state index contributed by atoms with van der Waals surface area (Å²) in [6.07, 6.45) is 5.54. The molecule has 0 spiro atoms. The third-order valence-electron chi connectivity index (χ3n) is 3.58. The third-order valence-corrected chi connectivity index (χ3v) is 3.82. The molecule has 0 bridgehead atoms. The van der Waals surface area contributed by atoms with E-state index in [-0.39, 0.29) is 12.1 Å². The largest absolute Gasteiger partial charge is 0.391 e. The molecule has 0 saturated heterocycles. The van der Waals surface area contributed by atoms with Crippen molar-refractivity contribution >= 4 is 23.0 Å². The number of thiocarbonyl (C=S) groups is 1. The summed E-state index contributed by atoms with van der Waals surface area (Å²) in [4.78, 5) is 6.74. The van der Waals surface area contributed by atoms with Crippen LogP contribution in [0.15, 0.2) is 18.3 Å². The van der Waals surface area contributed by atoms with Crippen molar-refractivity contribution in [3.63, 3.8) is 0 Å². The number of nitrogens with zero attached hydrogens (tertiary/aromatic N) is 2. The molecular weight excluding hydrogens is 246 g/mol. The zero-order chi connectivity index (χ0) is 13.1. The summed E-state index contributed by atoms with van der Waals surface area (Å²) in [5, 5.41) is 10.1. The lowest BCUT2D eigenvalue weighted by atomic mass is 9.91. The van der Waals surface area contributed by atoms with Crippen molar-refractivity contribution in [1.29, 1.82) is 0 Å². The molecule has 1 aromatic heterocycles. The molecule has 0 radical (unpaired) electrons. The molecule has 2 rings (SSSR count). The normalized spacial score (nSPS) is 23.7. The maximum Gasteiger partial charge on any atom is 0.129 e. The highest BCUT2D eigenvalue weighted by Crippen LogP contribution is 2.25. The molecule has 18 heavy (non-hydrogen) atoms. The van der Waals surface area contributed by atoms with Gasteiger partial charge in [-0.1, -0.05) is 25.1 Å². The molecule has 1 saturated carbocycles. The second-order valence-corrected chi connectivity index (χ2v) is 5.24. The Morgan fingerprint density at radius 1 is 1.50 bits per heavy atom. The van der Waals surface area contributed by atoms with Gasteiger partial charge in [-0.25, -0.2) is 4.98 Å². The predicted molar refractivity (Wildman–Crippen MR) is 76.8 cm³/mol. The van der Waals surface area contributed by atoms with E-state index in [2.05, 4.69) is 4.98 Å². The van der Waals surface area contributed by atoms with E-state index in [0.717, 1.165) is 37.1 Å². The van der Waals surface area contributed by atoms with Gasteiger partial charge in [-0.15, -0.1) is 0 Å². The van der Waals surface area contributed by atoms with Gasteiger partial charge in [0, 0.05) is 18.8 Å².